The maximum Gasteiger partial charge on any atom is 0.442 e. The van der Waals surface area contributed by atoms with Gasteiger partial charge >= 0.3 is 26.0 Å². The maximum absolute atomic E-state index is 11.5. The van der Waals surface area contributed by atoms with Crippen LogP contribution in [0.3, 0.4) is 0 Å². The summed E-state index contributed by atoms with van der Waals surface area (Å²) in [6.07, 6.45) is -11.9. The molecule has 80 valence electrons. The molecule has 0 aromatic carbocycles. The number of hydrogen-bond acceptors (Lipinski definition) is 3. The average molecular weight is 233 g/mol. The van der Waals surface area contributed by atoms with Crippen molar-refractivity contribution in [2.45, 2.75) is 18.0 Å². The summed E-state index contributed by atoms with van der Waals surface area (Å²) in [5.41, 5.74) is -4.49. The van der Waals surface area contributed by atoms with Crippen molar-refractivity contribution in [2.24, 2.45) is 0 Å². The zero-order valence-corrected chi connectivity index (χ0v) is 6.53. The molecular formula is C3H4F6O3P+. The Morgan fingerprint density at radius 1 is 0.769 bits per heavy atom. The van der Waals surface area contributed by atoms with E-state index in [-0.39, 0.29) is 0 Å². The second kappa shape index (κ2) is 3.23. The lowest BCUT2D eigenvalue weighted by Crippen LogP contribution is -2.43. The average Bonchev–Trinajstić information content (AvgIpc) is 1.44. The molecule has 13 heavy (non-hydrogen) atoms. The molecule has 0 aliphatic rings. The summed E-state index contributed by atoms with van der Waals surface area (Å²) in [6.45, 7) is 0. The fourth-order valence-electron chi connectivity index (χ4n) is 0.578. The third-order valence-electron chi connectivity index (χ3n) is 0.967. The van der Waals surface area contributed by atoms with Gasteiger partial charge in [0.15, 0.2) is 0 Å². The largest absolute Gasteiger partial charge is 0.442 e. The topological polar surface area (TPSA) is 60.7 Å². The van der Waals surface area contributed by atoms with Crippen LogP contribution in [0, 0.1) is 0 Å². The number of hydrogen-bond donors (Lipinski definition) is 3. The summed E-state index contributed by atoms with van der Waals surface area (Å²) in [5.74, 6) is 0. The molecular weight excluding hydrogens is 229 g/mol. The van der Waals surface area contributed by atoms with Crippen molar-refractivity contribution in [1.29, 1.82) is 0 Å². The quantitative estimate of drug-likeness (QED) is 0.471. The molecule has 0 radical (unpaired) electrons. The molecule has 0 amide bonds. The van der Waals surface area contributed by atoms with Crippen molar-refractivity contribution in [3.63, 3.8) is 0 Å². The summed E-state index contributed by atoms with van der Waals surface area (Å²) in [5, 5.41) is 0. The van der Waals surface area contributed by atoms with Crippen molar-refractivity contribution >= 4 is 7.94 Å². The van der Waals surface area contributed by atoms with Gasteiger partial charge in [0.2, 0.25) is 0 Å². The minimum atomic E-state index is -6.02. The van der Waals surface area contributed by atoms with Crippen LogP contribution < -0.4 is 0 Å². The molecule has 0 aromatic heterocycles. The summed E-state index contributed by atoms with van der Waals surface area (Å²) >= 11 is 0. The first-order chi connectivity index (χ1) is 5.37. The summed E-state index contributed by atoms with van der Waals surface area (Å²) < 4.78 is 69.2. The maximum atomic E-state index is 11.5. The third-order valence-corrected chi connectivity index (χ3v) is 2.24. The Hall–Kier alpha value is -0.110. The molecule has 10 heteroatoms. The highest BCUT2D eigenvalue weighted by Gasteiger charge is 2.73. The SMILES string of the molecule is O[P+](O)(O)C(C(F)(F)F)C(F)(F)F. The number of halogens is 6. The van der Waals surface area contributed by atoms with E-state index >= 15 is 0 Å². The zero-order chi connectivity index (χ0) is 11.1. The normalized spacial score (nSPS) is 15.2. The Labute approximate surface area is 68.2 Å². The van der Waals surface area contributed by atoms with Gasteiger partial charge in [0.05, 0.1) is 0 Å². The summed E-state index contributed by atoms with van der Waals surface area (Å²) in [6, 6.07) is 0. The van der Waals surface area contributed by atoms with Crippen molar-refractivity contribution in [3.05, 3.63) is 0 Å². The van der Waals surface area contributed by atoms with Crippen molar-refractivity contribution < 1.29 is 41.0 Å². The molecule has 3 nitrogen and oxygen atoms in total. The van der Waals surface area contributed by atoms with Gasteiger partial charge in [-0.05, 0) is 0 Å². The van der Waals surface area contributed by atoms with E-state index in [0.29, 0.717) is 0 Å². The minimum Gasteiger partial charge on any atom is -0.192 e. The van der Waals surface area contributed by atoms with Gasteiger partial charge < -0.3 is 0 Å². The van der Waals surface area contributed by atoms with Gasteiger partial charge in [-0.25, -0.2) is 0 Å². The van der Waals surface area contributed by atoms with Gasteiger partial charge in [0.1, 0.15) is 0 Å². The highest BCUT2D eigenvalue weighted by atomic mass is 31.2. The fourth-order valence-corrected chi connectivity index (χ4v) is 1.36. The first kappa shape index (κ1) is 12.9. The van der Waals surface area contributed by atoms with Gasteiger partial charge in [-0.2, -0.15) is 41.0 Å². The lowest BCUT2D eigenvalue weighted by Gasteiger charge is -2.21. The minimum absolute atomic E-state index is 4.49. The van der Waals surface area contributed by atoms with Crippen molar-refractivity contribution in [3.8, 4) is 0 Å². The molecule has 0 aliphatic carbocycles. The molecule has 0 heterocycles. The van der Waals surface area contributed by atoms with E-state index in [1.165, 1.54) is 0 Å². The van der Waals surface area contributed by atoms with Gasteiger partial charge in [-0.15, -0.1) is 0 Å². The van der Waals surface area contributed by atoms with E-state index in [2.05, 4.69) is 0 Å². The Kier molecular flexibility index (Phi) is 3.20. The molecule has 0 saturated heterocycles. The molecule has 0 bridgehead atoms. The third kappa shape index (κ3) is 3.63. The van der Waals surface area contributed by atoms with E-state index in [4.69, 9.17) is 14.7 Å². The Bertz CT molecular complexity index is 146. The molecule has 0 rings (SSSR count). The van der Waals surface area contributed by atoms with Crippen LogP contribution in [0.1, 0.15) is 0 Å². The summed E-state index contributed by atoms with van der Waals surface area (Å²) in [4.78, 5) is 23.8. The van der Waals surface area contributed by atoms with E-state index in [0.717, 1.165) is 0 Å². The van der Waals surface area contributed by atoms with Crippen LogP contribution in [0.25, 0.3) is 0 Å². The number of rotatable bonds is 1. The zero-order valence-electron chi connectivity index (χ0n) is 5.63. The highest BCUT2D eigenvalue weighted by Crippen LogP contribution is 2.61. The lowest BCUT2D eigenvalue weighted by atomic mass is 10.4. The molecule has 0 aromatic rings. The van der Waals surface area contributed by atoms with Gasteiger partial charge in [-0.1, -0.05) is 0 Å². The Morgan fingerprint density at radius 3 is 1.00 bits per heavy atom. The van der Waals surface area contributed by atoms with Gasteiger partial charge in [0.25, 0.3) is 0 Å². The monoisotopic (exact) mass is 233 g/mol. The van der Waals surface area contributed by atoms with E-state index < -0.39 is 26.0 Å². The van der Waals surface area contributed by atoms with Crippen LogP contribution in [0.15, 0.2) is 0 Å². The van der Waals surface area contributed by atoms with Crippen molar-refractivity contribution in [1.82, 2.24) is 0 Å². The Balaban J connectivity index is 5.02. The van der Waals surface area contributed by atoms with Crippen LogP contribution >= 0.6 is 7.94 Å². The van der Waals surface area contributed by atoms with E-state index in [9.17, 15) is 26.3 Å². The van der Waals surface area contributed by atoms with Gasteiger partial charge in [-0.3, -0.25) is 0 Å². The molecule has 0 spiro atoms. The second-order valence-electron chi connectivity index (χ2n) is 2.10. The molecule has 0 atom stereocenters. The molecule has 0 saturated carbocycles. The predicted molar refractivity (Wildman–Crippen MR) is 29.5 cm³/mol. The molecule has 3 N–H and O–H groups in total. The second-order valence-corrected chi connectivity index (χ2v) is 3.85. The lowest BCUT2D eigenvalue weighted by molar-refractivity contribution is -0.232. The van der Waals surface area contributed by atoms with Crippen LogP contribution in [-0.4, -0.2) is 32.7 Å². The van der Waals surface area contributed by atoms with Crippen LogP contribution in [0.5, 0.6) is 0 Å². The molecule has 0 unspecified atom stereocenters. The van der Waals surface area contributed by atoms with Gasteiger partial charge in [0, 0.05) is 0 Å². The highest BCUT2D eigenvalue weighted by molar-refractivity contribution is 7.59. The van der Waals surface area contributed by atoms with E-state index in [1.54, 1.807) is 0 Å². The Morgan fingerprint density at radius 2 is 1.00 bits per heavy atom. The first-order valence-electron chi connectivity index (χ1n) is 2.57. The van der Waals surface area contributed by atoms with Crippen LogP contribution in [-0.2, 0) is 0 Å². The fraction of sp³-hybridized carbons (Fsp3) is 1.00. The smallest absolute Gasteiger partial charge is 0.192 e. The van der Waals surface area contributed by atoms with Crippen molar-refractivity contribution in [2.75, 3.05) is 0 Å². The van der Waals surface area contributed by atoms with Crippen LogP contribution in [0.4, 0.5) is 26.3 Å². The standard InChI is InChI=1S/C3H4F6O3P/c4-2(5,6)1(3(7,8)9)13(10,11)12/h1,10-12H/q+1. The number of alkyl halides is 6. The van der Waals surface area contributed by atoms with E-state index in [1.807, 2.05) is 0 Å². The summed E-state index contributed by atoms with van der Waals surface area (Å²) in [7, 11) is -6.02. The predicted octanol–water partition coefficient (Wildman–Crippen LogP) is 1.22. The molecule has 0 aliphatic heterocycles. The van der Waals surface area contributed by atoms with Crippen LogP contribution in [0.2, 0.25) is 0 Å². The first-order valence-corrected chi connectivity index (χ1v) is 4.29. The molecule has 0 fully saturated rings.